The van der Waals surface area contributed by atoms with E-state index in [-0.39, 0.29) is 6.03 Å². The fourth-order valence-corrected chi connectivity index (χ4v) is 3.46. The summed E-state index contributed by atoms with van der Waals surface area (Å²) >= 11 is 0. The lowest BCUT2D eigenvalue weighted by Crippen LogP contribution is -2.50. The van der Waals surface area contributed by atoms with Gasteiger partial charge >= 0.3 is 6.03 Å². The Hall–Kier alpha value is -2.89. The second-order valence-electron chi connectivity index (χ2n) is 7.19. The lowest BCUT2D eigenvalue weighted by molar-refractivity contribution is 0.208. The predicted octanol–water partition coefficient (Wildman–Crippen LogP) is 3.98. The van der Waals surface area contributed by atoms with E-state index in [4.69, 9.17) is 9.47 Å². The van der Waals surface area contributed by atoms with Gasteiger partial charge in [0.2, 0.25) is 0 Å². The topological polar surface area (TPSA) is 54.0 Å². The Bertz CT molecular complexity index is 858. The molecule has 1 fully saturated rings. The fraction of sp³-hybridized carbons (Fsp3) is 0.409. The van der Waals surface area contributed by atoms with Gasteiger partial charge in [0.05, 0.1) is 19.9 Å². The zero-order valence-electron chi connectivity index (χ0n) is 17.3. The molecule has 3 rings (SSSR count). The SMILES string of the molecule is COc1ccc(C)c(N2CCN(C(=O)Nc3cc(C)c(C)cc3OC)CC2)c1. The number of piperazine rings is 1. The van der Waals surface area contributed by atoms with Crippen molar-refractivity contribution < 1.29 is 14.3 Å². The number of hydrogen-bond donors (Lipinski definition) is 1. The molecule has 2 aromatic carbocycles. The zero-order valence-corrected chi connectivity index (χ0v) is 17.3. The Labute approximate surface area is 167 Å². The smallest absolute Gasteiger partial charge is 0.322 e. The van der Waals surface area contributed by atoms with Crippen LogP contribution in [-0.4, -0.2) is 51.3 Å². The number of anilines is 2. The molecule has 0 atom stereocenters. The highest BCUT2D eigenvalue weighted by molar-refractivity contribution is 5.91. The summed E-state index contributed by atoms with van der Waals surface area (Å²) in [6.45, 7) is 9.05. The molecular weight excluding hydrogens is 354 g/mol. The van der Waals surface area contributed by atoms with Crippen LogP contribution in [-0.2, 0) is 0 Å². The third kappa shape index (κ3) is 4.16. The van der Waals surface area contributed by atoms with E-state index >= 15 is 0 Å². The van der Waals surface area contributed by atoms with Gasteiger partial charge in [-0.2, -0.15) is 0 Å². The summed E-state index contributed by atoms with van der Waals surface area (Å²) in [5.74, 6) is 1.53. The maximum atomic E-state index is 12.8. The molecule has 0 aliphatic carbocycles. The Morgan fingerprint density at radius 3 is 2.21 bits per heavy atom. The third-order valence-corrected chi connectivity index (χ3v) is 5.38. The molecule has 28 heavy (non-hydrogen) atoms. The first-order valence-electron chi connectivity index (χ1n) is 9.53. The first kappa shape index (κ1) is 19.9. The Kier molecular flexibility index (Phi) is 5.97. The molecular formula is C22H29N3O3. The molecule has 0 unspecified atom stereocenters. The number of benzene rings is 2. The van der Waals surface area contributed by atoms with Gasteiger partial charge in [-0.15, -0.1) is 0 Å². The predicted molar refractivity (Wildman–Crippen MR) is 113 cm³/mol. The van der Waals surface area contributed by atoms with E-state index in [0.717, 1.165) is 35.7 Å². The molecule has 0 radical (unpaired) electrons. The van der Waals surface area contributed by atoms with Crippen LogP contribution in [0.2, 0.25) is 0 Å². The summed E-state index contributed by atoms with van der Waals surface area (Å²) in [4.78, 5) is 16.9. The molecule has 6 heteroatoms. The van der Waals surface area contributed by atoms with Crippen molar-refractivity contribution in [3.05, 3.63) is 47.0 Å². The van der Waals surface area contributed by atoms with Gasteiger partial charge in [0.25, 0.3) is 0 Å². The molecule has 0 saturated carbocycles. The van der Waals surface area contributed by atoms with Gasteiger partial charge in [-0.25, -0.2) is 4.79 Å². The van der Waals surface area contributed by atoms with Crippen LogP contribution in [0.4, 0.5) is 16.2 Å². The highest BCUT2D eigenvalue weighted by Gasteiger charge is 2.23. The van der Waals surface area contributed by atoms with Crippen LogP contribution < -0.4 is 19.7 Å². The minimum atomic E-state index is -0.0939. The molecule has 0 bridgehead atoms. The summed E-state index contributed by atoms with van der Waals surface area (Å²) < 4.78 is 10.8. The molecule has 150 valence electrons. The van der Waals surface area contributed by atoms with E-state index in [9.17, 15) is 4.79 Å². The fourth-order valence-electron chi connectivity index (χ4n) is 3.46. The molecule has 1 N–H and O–H groups in total. The molecule has 0 aromatic heterocycles. The molecule has 2 amide bonds. The van der Waals surface area contributed by atoms with Crippen LogP contribution in [0.3, 0.4) is 0 Å². The van der Waals surface area contributed by atoms with Gasteiger partial charge in [0.1, 0.15) is 11.5 Å². The largest absolute Gasteiger partial charge is 0.497 e. The van der Waals surface area contributed by atoms with Crippen LogP contribution in [0.1, 0.15) is 16.7 Å². The minimum absolute atomic E-state index is 0.0939. The summed E-state index contributed by atoms with van der Waals surface area (Å²) in [6, 6.07) is 9.92. The lowest BCUT2D eigenvalue weighted by Gasteiger charge is -2.37. The number of urea groups is 1. The minimum Gasteiger partial charge on any atom is -0.497 e. The Morgan fingerprint density at radius 1 is 0.893 bits per heavy atom. The molecule has 2 aromatic rings. The standard InChI is InChI=1S/C22H29N3O3/c1-15-6-7-18(27-4)14-20(15)24-8-10-25(11-9-24)22(26)23-19-12-16(2)17(3)13-21(19)28-5/h6-7,12-14H,8-11H2,1-5H3,(H,23,26). The first-order valence-corrected chi connectivity index (χ1v) is 9.53. The highest BCUT2D eigenvalue weighted by Crippen LogP contribution is 2.29. The Morgan fingerprint density at radius 2 is 1.57 bits per heavy atom. The van der Waals surface area contributed by atoms with Gasteiger partial charge in [-0.3, -0.25) is 0 Å². The molecule has 1 aliphatic rings. The van der Waals surface area contributed by atoms with Crippen molar-refractivity contribution in [2.24, 2.45) is 0 Å². The quantitative estimate of drug-likeness (QED) is 0.868. The number of nitrogens with one attached hydrogen (secondary N) is 1. The van der Waals surface area contributed by atoms with Crippen molar-refractivity contribution in [2.75, 3.05) is 50.6 Å². The number of methoxy groups -OCH3 is 2. The maximum Gasteiger partial charge on any atom is 0.322 e. The summed E-state index contributed by atoms with van der Waals surface area (Å²) in [7, 11) is 3.30. The van der Waals surface area contributed by atoms with Crippen molar-refractivity contribution in [3.63, 3.8) is 0 Å². The van der Waals surface area contributed by atoms with Crippen LogP contribution in [0.15, 0.2) is 30.3 Å². The number of ether oxygens (including phenoxy) is 2. The van der Waals surface area contributed by atoms with E-state index in [1.807, 2.05) is 36.9 Å². The van der Waals surface area contributed by atoms with Gasteiger partial charge < -0.3 is 24.6 Å². The maximum absolute atomic E-state index is 12.8. The van der Waals surface area contributed by atoms with Crippen LogP contribution in [0.25, 0.3) is 0 Å². The van der Waals surface area contributed by atoms with Crippen LogP contribution in [0, 0.1) is 20.8 Å². The number of amides is 2. The third-order valence-electron chi connectivity index (χ3n) is 5.38. The zero-order chi connectivity index (χ0) is 20.3. The highest BCUT2D eigenvalue weighted by atomic mass is 16.5. The molecule has 1 saturated heterocycles. The van der Waals surface area contributed by atoms with Gasteiger partial charge in [0, 0.05) is 37.9 Å². The number of nitrogens with zero attached hydrogens (tertiary/aromatic N) is 2. The van der Waals surface area contributed by atoms with E-state index in [2.05, 4.69) is 29.3 Å². The molecule has 0 spiro atoms. The van der Waals surface area contributed by atoms with Crippen molar-refractivity contribution in [3.8, 4) is 11.5 Å². The Balaban J connectivity index is 1.65. The summed E-state index contributed by atoms with van der Waals surface area (Å²) in [5.41, 5.74) is 5.34. The summed E-state index contributed by atoms with van der Waals surface area (Å²) in [5, 5.41) is 3.01. The van der Waals surface area contributed by atoms with Gasteiger partial charge in [-0.05, 0) is 55.7 Å². The summed E-state index contributed by atoms with van der Waals surface area (Å²) in [6.07, 6.45) is 0. The molecule has 1 heterocycles. The monoisotopic (exact) mass is 383 g/mol. The van der Waals surface area contributed by atoms with E-state index in [0.29, 0.717) is 24.5 Å². The second kappa shape index (κ2) is 8.42. The number of carbonyl (C=O) groups excluding carboxylic acids is 1. The number of carbonyl (C=O) groups is 1. The average molecular weight is 383 g/mol. The van der Waals surface area contributed by atoms with Crippen LogP contribution >= 0.6 is 0 Å². The first-order chi connectivity index (χ1) is 13.4. The van der Waals surface area contributed by atoms with Crippen molar-refractivity contribution in [1.82, 2.24) is 4.90 Å². The van der Waals surface area contributed by atoms with Crippen LogP contribution in [0.5, 0.6) is 11.5 Å². The number of rotatable bonds is 4. The number of hydrogen-bond acceptors (Lipinski definition) is 4. The van der Waals surface area contributed by atoms with Crippen molar-refractivity contribution in [1.29, 1.82) is 0 Å². The van der Waals surface area contributed by atoms with Gasteiger partial charge in [0.15, 0.2) is 0 Å². The normalized spacial score (nSPS) is 14.0. The molecule has 6 nitrogen and oxygen atoms in total. The lowest BCUT2D eigenvalue weighted by atomic mass is 10.1. The second-order valence-corrected chi connectivity index (χ2v) is 7.19. The molecule has 1 aliphatic heterocycles. The van der Waals surface area contributed by atoms with E-state index < -0.39 is 0 Å². The van der Waals surface area contributed by atoms with E-state index in [1.54, 1.807) is 14.2 Å². The van der Waals surface area contributed by atoms with Crippen molar-refractivity contribution >= 4 is 17.4 Å². The van der Waals surface area contributed by atoms with Crippen molar-refractivity contribution in [2.45, 2.75) is 20.8 Å². The average Bonchev–Trinajstić information content (AvgIpc) is 2.71. The van der Waals surface area contributed by atoms with Gasteiger partial charge in [-0.1, -0.05) is 6.07 Å². The van der Waals surface area contributed by atoms with E-state index in [1.165, 1.54) is 5.56 Å². The number of aryl methyl sites for hydroxylation is 3.